The van der Waals surface area contributed by atoms with Gasteiger partial charge in [0.15, 0.2) is 0 Å². The lowest BCUT2D eigenvalue weighted by Gasteiger charge is -2.12. The van der Waals surface area contributed by atoms with E-state index in [0.29, 0.717) is 6.61 Å². The molecular formula is C14H19N3O. The predicted molar refractivity (Wildman–Crippen MR) is 71.6 cm³/mol. The van der Waals surface area contributed by atoms with Gasteiger partial charge in [-0.15, -0.1) is 0 Å². The molecule has 1 heterocycles. The Morgan fingerprint density at radius 3 is 2.78 bits per heavy atom. The van der Waals surface area contributed by atoms with Crippen LogP contribution in [0.2, 0.25) is 0 Å². The molecule has 0 aliphatic heterocycles. The number of nitrogens with zero attached hydrogens (tertiary/aromatic N) is 2. The fourth-order valence-electron chi connectivity index (χ4n) is 1.74. The Labute approximate surface area is 108 Å². The van der Waals surface area contributed by atoms with Crippen molar-refractivity contribution in [2.24, 2.45) is 7.05 Å². The molecule has 0 bridgehead atoms. The smallest absolute Gasteiger partial charge is 0.119 e. The lowest BCUT2D eigenvalue weighted by Crippen LogP contribution is -2.24. The molecular weight excluding hydrogens is 226 g/mol. The Morgan fingerprint density at radius 1 is 1.33 bits per heavy atom. The summed E-state index contributed by atoms with van der Waals surface area (Å²) < 4.78 is 7.43. The van der Waals surface area contributed by atoms with Gasteiger partial charge in [0.2, 0.25) is 0 Å². The van der Waals surface area contributed by atoms with Crippen LogP contribution in [0, 0.1) is 0 Å². The molecule has 0 aliphatic carbocycles. The molecule has 0 fully saturated rings. The fourth-order valence-corrected chi connectivity index (χ4v) is 1.74. The normalized spacial score (nSPS) is 12.3. The molecule has 0 saturated carbocycles. The number of para-hydroxylation sites is 1. The van der Waals surface area contributed by atoms with Crippen LogP contribution in [0.25, 0.3) is 0 Å². The first-order valence-electron chi connectivity index (χ1n) is 6.15. The summed E-state index contributed by atoms with van der Waals surface area (Å²) in [5.41, 5.74) is 1.19. The predicted octanol–water partition coefficient (Wildman–Crippen LogP) is 2.15. The van der Waals surface area contributed by atoms with E-state index in [-0.39, 0.29) is 6.04 Å². The second-order valence-corrected chi connectivity index (χ2v) is 4.28. The molecule has 1 N–H and O–H groups in total. The lowest BCUT2D eigenvalue weighted by atomic mass is 10.2. The van der Waals surface area contributed by atoms with Gasteiger partial charge in [0.05, 0.1) is 6.20 Å². The summed E-state index contributed by atoms with van der Waals surface area (Å²) in [5.74, 6) is 0.910. The number of hydrogen-bond donors (Lipinski definition) is 1. The molecule has 2 aromatic rings. The zero-order chi connectivity index (χ0) is 12.8. The molecule has 1 unspecified atom stereocenters. The molecule has 1 aromatic heterocycles. The molecule has 0 aliphatic rings. The first-order chi connectivity index (χ1) is 8.75. The standard InChI is InChI=1S/C14H19N3O/c1-12(13-10-16-17(2)11-13)15-8-9-18-14-6-4-3-5-7-14/h3-7,10-12,15H,8-9H2,1-2H3. The third kappa shape index (κ3) is 3.60. The van der Waals surface area contributed by atoms with Crippen LogP contribution in [-0.2, 0) is 7.05 Å². The van der Waals surface area contributed by atoms with E-state index >= 15 is 0 Å². The molecule has 0 radical (unpaired) electrons. The van der Waals surface area contributed by atoms with Gasteiger partial charge in [0.25, 0.3) is 0 Å². The van der Waals surface area contributed by atoms with E-state index in [0.717, 1.165) is 12.3 Å². The van der Waals surface area contributed by atoms with Crippen molar-refractivity contribution < 1.29 is 4.74 Å². The van der Waals surface area contributed by atoms with Crippen molar-refractivity contribution in [2.75, 3.05) is 13.2 Å². The highest BCUT2D eigenvalue weighted by Gasteiger charge is 2.05. The summed E-state index contributed by atoms with van der Waals surface area (Å²) in [6, 6.07) is 10.1. The quantitative estimate of drug-likeness (QED) is 0.793. The highest BCUT2D eigenvalue weighted by atomic mass is 16.5. The second-order valence-electron chi connectivity index (χ2n) is 4.28. The van der Waals surface area contributed by atoms with Gasteiger partial charge >= 0.3 is 0 Å². The summed E-state index contributed by atoms with van der Waals surface area (Å²) in [5, 5.41) is 7.56. The lowest BCUT2D eigenvalue weighted by molar-refractivity contribution is 0.307. The van der Waals surface area contributed by atoms with Gasteiger partial charge in [-0.3, -0.25) is 4.68 Å². The van der Waals surface area contributed by atoms with E-state index in [1.807, 2.05) is 54.5 Å². The van der Waals surface area contributed by atoms with Crippen LogP contribution in [0.3, 0.4) is 0 Å². The number of hydrogen-bond acceptors (Lipinski definition) is 3. The van der Waals surface area contributed by atoms with Crippen molar-refractivity contribution in [3.05, 3.63) is 48.3 Å². The Morgan fingerprint density at radius 2 is 2.11 bits per heavy atom. The first kappa shape index (κ1) is 12.6. The van der Waals surface area contributed by atoms with E-state index in [4.69, 9.17) is 4.74 Å². The van der Waals surface area contributed by atoms with Crippen molar-refractivity contribution in [3.8, 4) is 5.75 Å². The monoisotopic (exact) mass is 245 g/mol. The second kappa shape index (κ2) is 6.21. The molecule has 2 rings (SSSR count). The molecule has 4 nitrogen and oxygen atoms in total. The fraction of sp³-hybridized carbons (Fsp3) is 0.357. The topological polar surface area (TPSA) is 39.1 Å². The maximum absolute atomic E-state index is 5.61. The van der Waals surface area contributed by atoms with Crippen molar-refractivity contribution in [2.45, 2.75) is 13.0 Å². The SMILES string of the molecule is CC(NCCOc1ccccc1)c1cnn(C)c1. The highest BCUT2D eigenvalue weighted by molar-refractivity contribution is 5.20. The van der Waals surface area contributed by atoms with E-state index in [2.05, 4.69) is 17.3 Å². The van der Waals surface area contributed by atoms with Crippen LogP contribution >= 0.6 is 0 Å². The van der Waals surface area contributed by atoms with Crippen LogP contribution in [0.4, 0.5) is 0 Å². The Bertz CT molecular complexity index is 467. The minimum atomic E-state index is 0.290. The Hall–Kier alpha value is -1.81. The van der Waals surface area contributed by atoms with Crippen molar-refractivity contribution in [1.29, 1.82) is 0 Å². The maximum Gasteiger partial charge on any atom is 0.119 e. The summed E-state index contributed by atoms with van der Waals surface area (Å²) in [4.78, 5) is 0. The van der Waals surface area contributed by atoms with Crippen molar-refractivity contribution in [3.63, 3.8) is 0 Å². The third-order valence-electron chi connectivity index (χ3n) is 2.79. The zero-order valence-electron chi connectivity index (χ0n) is 10.8. The average molecular weight is 245 g/mol. The minimum Gasteiger partial charge on any atom is -0.492 e. The van der Waals surface area contributed by atoms with Crippen LogP contribution in [0.1, 0.15) is 18.5 Å². The molecule has 0 amide bonds. The number of aromatic nitrogens is 2. The summed E-state index contributed by atoms with van der Waals surface area (Å²) in [7, 11) is 1.93. The van der Waals surface area contributed by atoms with Crippen LogP contribution in [-0.4, -0.2) is 22.9 Å². The maximum atomic E-state index is 5.61. The van der Waals surface area contributed by atoms with Crippen molar-refractivity contribution >= 4 is 0 Å². The largest absolute Gasteiger partial charge is 0.492 e. The summed E-state index contributed by atoms with van der Waals surface area (Å²) >= 11 is 0. The molecule has 18 heavy (non-hydrogen) atoms. The number of aryl methyl sites for hydroxylation is 1. The number of ether oxygens (including phenoxy) is 1. The zero-order valence-corrected chi connectivity index (χ0v) is 10.8. The van der Waals surface area contributed by atoms with E-state index < -0.39 is 0 Å². The van der Waals surface area contributed by atoms with Crippen LogP contribution in [0.5, 0.6) is 5.75 Å². The van der Waals surface area contributed by atoms with Crippen LogP contribution in [0.15, 0.2) is 42.7 Å². The minimum absolute atomic E-state index is 0.290. The van der Waals surface area contributed by atoms with Gasteiger partial charge in [-0.05, 0) is 19.1 Å². The molecule has 1 atom stereocenters. The molecule has 0 saturated heterocycles. The summed E-state index contributed by atoms with van der Waals surface area (Å²) in [6.07, 6.45) is 3.91. The van der Waals surface area contributed by atoms with Gasteiger partial charge in [-0.25, -0.2) is 0 Å². The van der Waals surface area contributed by atoms with Gasteiger partial charge < -0.3 is 10.1 Å². The molecule has 0 spiro atoms. The van der Waals surface area contributed by atoms with Gasteiger partial charge in [-0.1, -0.05) is 18.2 Å². The molecule has 4 heteroatoms. The van der Waals surface area contributed by atoms with Gasteiger partial charge in [0.1, 0.15) is 12.4 Å². The van der Waals surface area contributed by atoms with Gasteiger partial charge in [-0.2, -0.15) is 5.10 Å². The highest BCUT2D eigenvalue weighted by Crippen LogP contribution is 2.10. The number of benzene rings is 1. The Balaban J connectivity index is 1.69. The third-order valence-corrected chi connectivity index (χ3v) is 2.79. The number of rotatable bonds is 6. The van der Waals surface area contributed by atoms with Crippen molar-refractivity contribution in [1.82, 2.24) is 15.1 Å². The van der Waals surface area contributed by atoms with E-state index in [1.165, 1.54) is 5.56 Å². The van der Waals surface area contributed by atoms with E-state index in [1.54, 1.807) is 0 Å². The van der Waals surface area contributed by atoms with E-state index in [9.17, 15) is 0 Å². The molecule has 96 valence electrons. The first-order valence-corrected chi connectivity index (χ1v) is 6.15. The average Bonchev–Trinajstić information content (AvgIpc) is 2.82. The molecule has 1 aromatic carbocycles. The van der Waals surface area contributed by atoms with Gasteiger partial charge in [0, 0.05) is 31.4 Å². The summed E-state index contributed by atoms with van der Waals surface area (Å²) in [6.45, 7) is 3.60. The Kier molecular flexibility index (Phi) is 4.36. The number of nitrogens with one attached hydrogen (secondary N) is 1. The van der Waals surface area contributed by atoms with Crippen LogP contribution < -0.4 is 10.1 Å².